The summed E-state index contributed by atoms with van der Waals surface area (Å²) in [5.41, 5.74) is 2.38. The van der Waals surface area contributed by atoms with E-state index in [1.807, 2.05) is 47.4 Å². The van der Waals surface area contributed by atoms with E-state index in [9.17, 15) is 9.59 Å². The molecule has 1 saturated carbocycles. The number of aromatic amines is 1. The van der Waals surface area contributed by atoms with Crippen LogP contribution in [0.1, 0.15) is 72.9 Å². The van der Waals surface area contributed by atoms with Gasteiger partial charge in [-0.05, 0) is 72.1 Å². The second-order valence-electron chi connectivity index (χ2n) is 10.8. The van der Waals surface area contributed by atoms with Crippen molar-refractivity contribution in [3.05, 3.63) is 71.5 Å². The number of hydrogen-bond donors (Lipinski definition) is 2. The van der Waals surface area contributed by atoms with Gasteiger partial charge in [0.25, 0.3) is 17.8 Å². The Kier molecular flexibility index (Phi) is 6.78. The Morgan fingerprint density at radius 2 is 1.78 bits per heavy atom. The predicted molar refractivity (Wildman–Crippen MR) is 140 cm³/mol. The molecule has 2 heterocycles. The zero-order valence-electron chi connectivity index (χ0n) is 21.4. The third-order valence-corrected chi connectivity index (χ3v) is 7.40. The fourth-order valence-electron chi connectivity index (χ4n) is 5.20. The molecule has 5 rings (SSSR count). The van der Waals surface area contributed by atoms with Crippen LogP contribution < -0.4 is 5.32 Å². The molecule has 0 radical (unpaired) electrons. The van der Waals surface area contributed by atoms with Gasteiger partial charge in [-0.1, -0.05) is 56.2 Å². The highest BCUT2D eigenvalue weighted by atomic mass is 16.3. The fraction of sp³-hybridized carbons (Fsp3) is 0.393. The van der Waals surface area contributed by atoms with E-state index in [4.69, 9.17) is 4.42 Å². The highest BCUT2D eigenvalue weighted by molar-refractivity contribution is 6.03. The van der Waals surface area contributed by atoms with E-state index in [1.54, 1.807) is 12.1 Å². The van der Waals surface area contributed by atoms with Crippen LogP contribution in [0.3, 0.4) is 0 Å². The number of H-pyrrole nitrogens is 1. The molecule has 2 aromatic carbocycles. The number of rotatable bonds is 6. The first-order chi connectivity index (χ1) is 17.8. The lowest BCUT2D eigenvalue weighted by Crippen LogP contribution is -2.43. The number of carbonyl (C=O) groups excluding carboxylic acids is 2. The third-order valence-electron chi connectivity index (χ3n) is 7.40. The van der Waals surface area contributed by atoms with E-state index >= 15 is 0 Å². The molecule has 2 amide bonds. The van der Waals surface area contributed by atoms with Crippen molar-refractivity contribution in [2.24, 2.45) is 11.3 Å². The number of nitrogens with zero attached hydrogens (tertiary/aromatic N) is 4. The summed E-state index contributed by atoms with van der Waals surface area (Å²) < 4.78 is 5.95. The molecule has 1 aliphatic rings. The molecule has 1 aliphatic carbocycles. The monoisotopic (exact) mass is 500 g/mol. The maximum Gasteiger partial charge on any atom is 0.290 e. The summed E-state index contributed by atoms with van der Waals surface area (Å²) >= 11 is 0. The van der Waals surface area contributed by atoms with Crippen molar-refractivity contribution in [2.75, 3.05) is 5.32 Å². The van der Waals surface area contributed by atoms with Crippen molar-refractivity contribution in [1.29, 1.82) is 0 Å². The Balaban J connectivity index is 1.35. The van der Waals surface area contributed by atoms with Crippen LogP contribution >= 0.6 is 0 Å². The van der Waals surface area contributed by atoms with Gasteiger partial charge in [-0.2, -0.15) is 5.21 Å². The molecule has 0 atom stereocenters. The number of nitrogens with one attached hydrogen (secondary N) is 2. The van der Waals surface area contributed by atoms with Crippen LogP contribution in [0.25, 0.3) is 11.0 Å². The molecule has 0 aliphatic heterocycles. The van der Waals surface area contributed by atoms with Crippen LogP contribution in [-0.4, -0.2) is 43.4 Å². The molecular weight excluding hydrogens is 468 g/mol. The lowest BCUT2D eigenvalue weighted by Gasteiger charge is -2.41. The summed E-state index contributed by atoms with van der Waals surface area (Å²) in [7, 11) is 0. The first-order valence-corrected chi connectivity index (χ1v) is 12.7. The van der Waals surface area contributed by atoms with Gasteiger partial charge < -0.3 is 9.32 Å². The van der Waals surface area contributed by atoms with Crippen LogP contribution in [-0.2, 0) is 6.54 Å². The van der Waals surface area contributed by atoms with E-state index in [1.165, 1.54) is 0 Å². The van der Waals surface area contributed by atoms with Crippen molar-refractivity contribution in [3.8, 4) is 0 Å². The summed E-state index contributed by atoms with van der Waals surface area (Å²) in [6, 6.07) is 16.9. The molecule has 0 bridgehead atoms. The van der Waals surface area contributed by atoms with E-state index in [0.29, 0.717) is 29.4 Å². The molecule has 192 valence electrons. The molecule has 0 saturated heterocycles. The lowest BCUT2D eigenvalue weighted by atomic mass is 9.71. The molecule has 2 aromatic heterocycles. The number of amides is 2. The SMILES string of the molecule is CC(C)(C)C1CCC(N(Cc2ccc(C(=O)Nc3nn[nH]n3)cc2)C(=O)c2cc3ccccc3o2)CC1. The van der Waals surface area contributed by atoms with E-state index < -0.39 is 0 Å². The van der Waals surface area contributed by atoms with Gasteiger partial charge >= 0.3 is 0 Å². The van der Waals surface area contributed by atoms with Crippen molar-refractivity contribution >= 4 is 28.7 Å². The summed E-state index contributed by atoms with van der Waals surface area (Å²) in [6.45, 7) is 7.33. The molecule has 9 nitrogen and oxygen atoms in total. The van der Waals surface area contributed by atoms with Crippen molar-refractivity contribution in [1.82, 2.24) is 25.5 Å². The summed E-state index contributed by atoms with van der Waals surface area (Å²) in [5, 5.41) is 16.7. The third kappa shape index (κ3) is 5.55. The second kappa shape index (κ2) is 10.2. The normalized spacial score (nSPS) is 18.0. The quantitative estimate of drug-likeness (QED) is 0.364. The molecule has 1 fully saturated rings. The minimum absolute atomic E-state index is 0.102. The first-order valence-electron chi connectivity index (χ1n) is 12.7. The number of para-hydroxylation sites is 1. The van der Waals surface area contributed by atoms with Crippen LogP contribution in [0.5, 0.6) is 0 Å². The predicted octanol–water partition coefficient (Wildman–Crippen LogP) is 5.45. The van der Waals surface area contributed by atoms with Gasteiger partial charge in [-0.25, -0.2) is 0 Å². The summed E-state index contributed by atoms with van der Waals surface area (Å²) in [5.74, 6) is 0.680. The number of aromatic nitrogens is 4. The minimum atomic E-state index is -0.330. The molecule has 0 spiro atoms. The number of fused-ring (bicyclic) bond motifs is 1. The molecule has 37 heavy (non-hydrogen) atoms. The van der Waals surface area contributed by atoms with Gasteiger partial charge in [0.1, 0.15) is 5.58 Å². The van der Waals surface area contributed by atoms with Gasteiger partial charge in [0.2, 0.25) is 0 Å². The average molecular weight is 501 g/mol. The van der Waals surface area contributed by atoms with Crippen LogP contribution in [0.4, 0.5) is 5.95 Å². The number of tetrazole rings is 1. The van der Waals surface area contributed by atoms with Gasteiger partial charge in [0, 0.05) is 23.5 Å². The number of anilines is 1. The molecule has 0 unspecified atom stereocenters. The topological polar surface area (TPSA) is 117 Å². The average Bonchev–Trinajstić information content (AvgIpc) is 3.57. The Morgan fingerprint density at radius 3 is 2.43 bits per heavy atom. The van der Waals surface area contributed by atoms with Gasteiger partial charge in [0.15, 0.2) is 5.76 Å². The van der Waals surface area contributed by atoms with E-state index in [2.05, 4.69) is 46.7 Å². The zero-order chi connectivity index (χ0) is 26.0. The number of furan rings is 1. The highest BCUT2D eigenvalue weighted by Gasteiger charge is 2.34. The molecule has 2 N–H and O–H groups in total. The van der Waals surface area contributed by atoms with Crippen molar-refractivity contribution in [2.45, 2.75) is 59.0 Å². The van der Waals surface area contributed by atoms with Gasteiger partial charge in [-0.15, -0.1) is 5.10 Å². The second-order valence-corrected chi connectivity index (χ2v) is 10.8. The Bertz CT molecular complexity index is 1330. The van der Waals surface area contributed by atoms with Gasteiger partial charge in [0.05, 0.1) is 0 Å². The number of hydrogen-bond acceptors (Lipinski definition) is 6. The Morgan fingerprint density at radius 1 is 1.05 bits per heavy atom. The van der Waals surface area contributed by atoms with Crippen LogP contribution in [0.2, 0.25) is 0 Å². The van der Waals surface area contributed by atoms with Crippen molar-refractivity contribution < 1.29 is 14.0 Å². The summed E-state index contributed by atoms with van der Waals surface area (Å²) in [6.07, 6.45) is 4.10. The fourth-order valence-corrected chi connectivity index (χ4v) is 5.20. The Hall–Kier alpha value is -4.01. The maximum atomic E-state index is 13.8. The molecule has 9 heteroatoms. The smallest absolute Gasteiger partial charge is 0.290 e. The molecular formula is C28H32N6O3. The van der Waals surface area contributed by atoms with E-state index in [0.717, 1.165) is 36.6 Å². The molecule has 4 aromatic rings. The number of benzene rings is 2. The standard InChI is InChI=1S/C28H32N6O3/c1-28(2,3)21-12-14-22(15-13-21)34(26(36)24-16-20-6-4-5-7-23(20)37-24)17-18-8-10-19(11-9-18)25(35)29-27-30-32-33-31-27/h4-11,16,21-22H,12-15,17H2,1-3H3,(H2,29,30,31,32,33,35). The number of carbonyl (C=O) groups is 2. The zero-order valence-corrected chi connectivity index (χ0v) is 21.4. The van der Waals surface area contributed by atoms with Crippen LogP contribution in [0, 0.1) is 11.3 Å². The highest BCUT2D eigenvalue weighted by Crippen LogP contribution is 2.39. The lowest BCUT2D eigenvalue weighted by molar-refractivity contribution is 0.0503. The van der Waals surface area contributed by atoms with Gasteiger partial charge in [-0.3, -0.25) is 14.9 Å². The van der Waals surface area contributed by atoms with E-state index in [-0.39, 0.29) is 29.2 Å². The Labute approximate surface area is 215 Å². The largest absolute Gasteiger partial charge is 0.451 e. The van der Waals surface area contributed by atoms with Crippen molar-refractivity contribution in [3.63, 3.8) is 0 Å². The minimum Gasteiger partial charge on any atom is -0.451 e. The van der Waals surface area contributed by atoms with Crippen LogP contribution in [0.15, 0.2) is 59.0 Å². The first kappa shape index (κ1) is 24.7. The summed E-state index contributed by atoms with van der Waals surface area (Å²) in [4.78, 5) is 28.2. The maximum absolute atomic E-state index is 13.8.